The van der Waals surface area contributed by atoms with Crippen molar-refractivity contribution in [1.82, 2.24) is 0 Å². The molecule has 2 amide bonds. The SMILES string of the molecule is CC1=C(C)C(=O)N(c2ccc(I)cc2)C1=O. The molecule has 0 bridgehead atoms. The van der Waals surface area contributed by atoms with Crippen LogP contribution in [-0.2, 0) is 9.59 Å². The van der Waals surface area contributed by atoms with Gasteiger partial charge in [-0.05, 0) is 60.7 Å². The van der Waals surface area contributed by atoms with Gasteiger partial charge in [0.05, 0.1) is 5.69 Å². The third kappa shape index (κ3) is 1.67. The van der Waals surface area contributed by atoms with Crippen LogP contribution in [0.1, 0.15) is 13.8 Å². The van der Waals surface area contributed by atoms with Crippen molar-refractivity contribution >= 4 is 40.1 Å². The molecule has 4 heteroatoms. The van der Waals surface area contributed by atoms with Crippen molar-refractivity contribution in [3.05, 3.63) is 39.0 Å². The fourth-order valence-electron chi connectivity index (χ4n) is 1.57. The zero-order valence-electron chi connectivity index (χ0n) is 8.95. The van der Waals surface area contributed by atoms with E-state index in [1.54, 1.807) is 26.0 Å². The summed E-state index contributed by atoms with van der Waals surface area (Å²) >= 11 is 2.18. The van der Waals surface area contributed by atoms with Crippen molar-refractivity contribution in [2.75, 3.05) is 4.90 Å². The van der Waals surface area contributed by atoms with Gasteiger partial charge >= 0.3 is 0 Å². The number of hydrogen-bond donors (Lipinski definition) is 0. The second-order valence-corrected chi connectivity index (χ2v) is 4.92. The number of carbonyl (C=O) groups excluding carboxylic acids is 2. The van der Waals surface area contributed by atoms with E-state index in [1.165, 1.54) is 4.90 Å². The summed E-state index contributed by atoms with van der Waals surface area (Å²) in [5.74, 6) is -0.438. The lowest BCUT2D eigenvalue weighted by atomic mass is 10.2. The summed E-state index contributed by atoms with van der Waals surface area (Å²) in [6.07, 6.45) is 0. The third-order valence-electron chi connectivity index (χ3n) is 2.70. The minimum absolute atomic E-state index is 0.219. The summed E-state index contributed by atoms with van der Waals surface area (Å²) in [5, 5.41) is 0. The van der Waals surface area contributed by atoms with Gasteiger partial charge in [0.2, 0.25) is 0 Å². The van der Waals surface area contributed by atoms with E-state index in [-0.39, 0.29) is 11.8 Å². The molecule has 82 valence electrons. The van der Waals surface area contributed by atoms with Gasteiger partial charge in [-0.25, -0.2) is 4.90 Å². The Morgan fingerprint density at radius 1 is 0.938 bits per heavy atom. The molecule has 0 aliphatic carbocycles. The molecule has 3 nitrogen and oxygen atoms in total. The lowest BCUT2D eigenvalue weighted by Gasteiger charge is -2.14. The second kappa shape index (κ2) is 4.01. The molecule has 1 heterocycles. The molecule has 1 aromatic carbocycles. The molecule has 0 radical (unpaired) electrons. The summed E-state index contributed by atoms with van der Waals surface area (Å²) in [5.41, 5.74) is 1.69. The summed E-state index contributed by atoms with van der Waals surface area (Å²) < 4.78 is 1.07. The van der Waals surface area contributed by atoms with E-state index in [2.05, 4.69) is 22.6 Å². The molecule has 0 fully saturated rings. The van der Waals surface area contributed by atoms with Crippen LogP contribution in [0.25, 0.3) is 0 Å². The average molecular weight is 327 g/mol. The van der Waals surface area contributed by atoms with Gasteiger partial charge in [-0.3, -0.25) is 9.59 Å². The number of halogens is 1. The number of amides is 2. The van der Waals surface area contributed by atoms with Gasteiger partial charge < -0.3 is 0 Å². The van der Waals surface area contributed by atoms with E-state index in [0.717, 1.165) is 3.57 Å². The van der Waals surface area contributed by atoms with Gasteiger partial charge in [-0.1, -0.05) is 0 Å². The average Bonchev–Trinajstić information content (AvgIpc) is 2.46. The molecule has 1 aliphatic heterocycles. The van der Waals surface area contributed by atoms with E-state index < -0.39 is 0 Å². The Hall–Kier alpha value is -1.17. The second-order valence-electron chi connectivity index (χ2n) is 3.67. The van der Waals surface area contributed by atoms with E-state index in [9.17, 15) is 9.59 Å². The first-order valence-electron chi connectivity index (χ1n) is 4.84. The minimum Gasteiger partial charge on any atom is -0.269 e. The van der Waals surface area contributed by atoms with Crippen LogP contribution >= 0.6 is 22.6 Å². The normalized spacial score (nSPS) is 16.3. The molecular formula is C12H10INO2. The van der Waals surface area contributed by atoms with Gasteiger partial charge in [-0.15, -0.1) is 0 Å². The maximum Gasteiger partial charge on any atom is 0.261 e. The summed E-state index contributed by atoms with van der Waals surface area (Å²) in [6.45, 7) is 3.37. The molecular weight excluding hydrogens is 317 g/mol. The fourth-order valence-corrected chi connectivity index (χ4v) is 1.93. The summed E-state index contributed by atoms with van der Waals surface area (Å²) in [4.78, 5) is 24.9. The molecule has 0 saturated heterocycles. The molecule has 0 unspecified atom stereocenters. The van der Waals surface area contributed by atoms with Crippen molar-refractivity contribution in [2.24, 2.45) is 0 Å². The molecule has 0 saturated carbocycles. The summed E-state index contributed by atoms with van der Waals surface area (Å²) in [7, 11) is 0. The van der Waals surface area contributed by atoms with Crippen LogP contribution in [-0.4, -0.2) is 11.8 Å². The lowest BCUT2D eigenvalue weighted by molar-refractivity contribution is -0.120. The predicted molar refractivity (Wildman–Crippen MR) is 70.0 cm³/mol. The molecule has 0 aromatic heterocycles. The highest BCUT2D eigenvalue weighted by molar-refractivity contribution is 14.1. The topological polar surface area (TPSA) is 37.4 Å². The number of hydrogen-bond acceptors (Lipinski definition) is 2. The van der Waals surface area contributed by atoms with Gasteiger partial charge in [0.15, 0.2) is 0 Å². The van der Waals surface area contributed by atoms with Crippen LogP contribution in [0.3, 0.4) is 0 Å². The zero-order chi connectivity index (χ0) is 11.9. The van der Waals surface area contributed by atoms with Crippen molar-refractivity contribution in [1.29, 1.82) is 0 Å². The maximum absolute atomic E-state index is 11.9. The molecule has 2 rings (SSSR count). The molecule has 0 spiro atoms. The molecule has 1 aliphatic rings. The fraction of sp³-hybridized carbons (Fsp3) is 0.167. The third-order valence-corrected chi connectivity index (χ3v) is 3.41. The number of carbonyl (C=O) groups is 2. The smallest absolute Gasteiger partial charge is 0.261 e. The highest BCUT2D eigenvalue weighted by Crippen LogP contribution is 2.26. The Kier molecular flexibility index (Phi) is 2.84. The Balaban J connectivity index is 2.42. The highest BCUT2D eigenvalue weighted by Gasteiger charge is 2.34. The Morgan fingerprint density at radius 3 is 1.81 bits per heavy atom. The monoisotopic (exact) mass is 327 g/mol. The van der Waals surface area contributed by atoms with Crippen LogP contribution < -0.4 is 4.90 Å². The van der Waals surface area contributed by atoms with E-state index in [1.807, 2.05) is 12.1 Å². The van der Waals surface area contributed by atoms with Crippen LogP contribution in [0.5, 0.6) is 0 Å². The standard InChI is InChI=1S/C12H10INO2/c1-7-8(2)12(16)14(11(7)15)10-5-3-9(13)4-6-10/h3-6H,1-2H3. The van der Waals surface area contributed by atoms with Crippen molar-refractivity contribution in [3.8, 4) is 0 Å². The largest absolute Gasteiger partial charge is 0.269 e. The number of anilines is 1. The first kappa shape index (κ1) is 11.3. The van der Waals surface area contributed by atoms with Crippen LogP contribution in [0.15, 0.2) is 35.4 Å². The van der Waals surface area contributed by atoms with Crippen molar-refractivity contribution in [3.63, 3.8) is 0 Å². The molecule has 0 N–H and O–H groups in total. The van der Waals surface area contributed by atoms with Crippen molar-refractivity contribution in [2.45, 2.75) is 13.8 Å². The first-order valence-corrected chi connectivity index (χ1v) is 5.92. The first-order chi connectivity index (χ1) is 7.52. The van der Waals surface area contributed by atoms with Crippen LogP contribution in [0.2, 0.25) is 0 Å². The highest BCUT2D eigenvalue weighted by atomic mass is 127. The Morgan fingerprint density at radius 2 is 1.38 bits per heavy atom. The predicted octanol–water partition coefficient (Wildman–Crippen LogP) is 2.50. The van der Waals surface area contributed by atoms with E-state index in [4.69, 9.17) is 0 Å². The Bertz CT molecular complexity index is 478. The van der Waals surface area contributed by atoms with E-state index >= 15 is 0 Å². The maximum atomic E-state index is 11.9. The van der Waals surface area contributed by atoms with Crippen LogP contribution in [0.4, 0.5) is 5.69 Å². The Labute approximate surface area is 107 Å². The van der Waals surface area contributed by atoms with Crippen molar-refractivity contribution < 1.29 is 9.59 Å². The van der Waals surface area contributed by atoms with E-state index in [0.29, 0.717) is 16.8 Å². The van der Waals surface area contributed by atoms with Crippen LogP contribution in [0, 0.1) is 3.57 Å². The number of imide groups is 1. The number of nitrogens with zero attached hydrogens (tertiary/aromatic N) is 1. The lowest BCUT2D eigenvalue weighted by Crippen LogP contribution is -2.31. The van der Waals surface area contributed by atoms with Gasteiger partial charge in [0.25, 0.3) is 11.8 Å². The van der Waals surface area contributed by atoms with Gasteiger partial charge in [0.1, 0.15) is 0 Å². The van der Waals surface area contributed by atoms with Gasteiger partial charge in [-0.2, -0.15) is 0 Å². The minimum atomic E-state index is -0.219. The zero-order valence-corrected chi connectivity index (χ0v) is 11.1. The molecule has 1 aromatic rings. The number of rotatable bonds is 1. The number of benzene rings is 1. The van der Waals surface area contributed by atoms with Gasteiger partial charge in [0, 0.05) is 14.7 Å². The molecule has 16 heavy (non-hydrogen) atoms. The quantitative estimate of drug-likeness (QED) is 0.587. The molecule has 0 atom stereocenters. The summed E-state index contributed by atoms with van der Waals surface area (Å²) in [6, 6.07) is 7.31.